The molecule has 0 rings (SSSR count). The first kappa shape index (κ1) is 15.5. The summed E-state index contributed by atoms with van der Waals surface area (Å²) in [4.78, 5) is 0. The van der Waals surface area contributed by atoms with E-state index in [1.165, 1.54) is 12.1 Å². The second kappa shape index (κ2) is 5.02. The van der Waals surface area contributed by atoms with Crippen LogP contribution in [0.25, 0.3) is 0 Å². The van der Waals surface area contributed by atoms with Crippen molar-refractivity contribution in [1.82, 2.24) is 0 Å². The lowest BCUT2D eigenvalue weighted by Crippen LogP contribution is -3.00. The van der Waals surface area contributed by atoms with E-state index in [-0.39, 0.29) is 12.4 Å². The quantitative estimate of drug-likeness (QED) is 0.438. The van der Waals surface area contributed by atoms with Gasteiger partial charge >= 0.3 is 0 Å². The largest absolute Gasteiger partial charge is 1.00 e. The van der Waals surface area contributed by atoms with Crippen LogP contribution >= 0.6 is 0 Å². The predicted octanol–water partition coefficient (Wildman–Crippen LogP) is -0.311. The lowest BCUT2D eigenvalue weighted by atomic mass is 9.90. The summed E-state index contributed by atoms with van der Waals surface area (Å²) in [6.45, 7) is 10.1. The van der Waals surface area contributed by atoms with E-state index in [9.17, 15) is 0 Å². The van der Waals surface area contributed by atoms with E-state index in [2.05, 4.69) is 54.9 Å². The summed E-state index contributed by atoms with van der Waals surface area (Å²) < 4.78 is 1.02. The maximum atomic E-state index is 2.36. The van der Waals surface area contributed by atoms with Gasteiger partial charge in [-0.15, -0.1) is 0 Å². The molecule has 0 bridgehead atoms. The SMILES string of the molecule is CC(C)=CC(C)(C)C[N+](C)(C)C.[Cl-]. The van der Waals surface area contributed by atoms with Crippen LogP contribution < -0.4 is 12.4 Å². The molecular formula is C11H24ClN. The van der Waals surface area contributed by atoms with E-state index in [1.807, 2.05) is 0 Å². The first-order valence-electron chi connectivity index (χ1n) is 4.59. The van der Waals surface area contributed by atoms with Crippen molar-refractivity contribution >= 4 is 0 Å². The van der Waals surface area contributed by atoms with Crippen LogP contribution in [0.5, 0.6) is 0 Å². The highest BCUT2D eigenvalue weighted by atomic mass is 35.5. The van der Waals surface area contributed by atoms with Crippen molar-refractivity contribution in [2.45, 2.75) is 27.7 Å². The van der Waals surface area contributed by atoms with Gasteiger partial charge in [0.2, 0.25) is 0 Å². The van der Waals surface area contributed by atoms with E-state index in [1.54, 1.807) is 0 Å². The van der Waals surface area contributed by atoms with Gasteiger partial charge in [-0.1, -0.05) is 25.5 Å². The van der Waals surface area contributed by atoms with E-state index in [0.717, 1.165) is 4.48 Å². The van der Waals surface area contributed by atoms with Gasteiger partial charge < -0.3 is 16.9 Å². The lowest BCUT2D eigenvalue weighted by molar-refractivity contribution is -0.875. The Morgan fingerprint density at radius 3 is 1.77 bits per heavy atom. The molecule has 13 heavy (non-hydrogen) atoms. The third kappa shape index (κ3) is 9.91. The molecule has 0 aromatic rings. The summed E-state index contributed by atoms with van der Waals surface area (Å²) in [5, 5.41) is 0. The Kier molecular flexibility index (Phi) is 5.97. The second-order valence-electron chi connectivity index (χ2n) is 5.66. The Morgan fingerprint density at radius 2 is 1.54 bits per heavy atom. The molecule has 0 saturated carbocycles. The van der Waals surface area contributed by atoms with Gasteiger partial charge in [0.05, 0.1) is 27.7 Å². The van der Waals surface area contributed by atoms with Gasteiger partial charge in [-0.05, 0) is 13.8 Å². The minimum absolute atomic E-state index is 0. The molecular weight excluding hydrogens is 182 g/mol. The summed E-state index contributed by atoms with van der Waals surface area (Å²) in [6.07, 6.45) is 2.36. The van der Waals surface area contributed by atoms with Gasteiger partial charge in [-0.2, -0.15) is 0 Å². The molecule has 2 heteroatoms. The number of quaternary nitrogens is 1. The van der Waals surface area contributed by atoms with Gasteiger partial charge in [-0.25, -0.2) is 0 Å². The number of allylic oxidation sites excluding steroid dienone is 1. The predicted molar refractivity (Wildman–Crippen MR) is 56.1 cm³/mol. The van der Waals surface area contributed by atoms with Crippen molar-refractivity contribution in [3.05, 3.63) is 11.6 Å². The van der Waals surface area contributed by atoms with Gasteiger partial charge in [-0.3, -0.25) is 0 Å². The van der Waals surface area contributed by atoms with Crippen molar-refractivity contribution in [1.29, 1.82) is 0 Å². The van der Waals surface area contributed by atoms with Crippen LogP contribution in [0.1, 0.15) is 27.7 Å². The van der Waals surface area contributed by atoms with Crippen LogP contribution in [-0.4, -0.2) is 32.2 Å². The Balaban J connectivity index is 0. The van der Waals surface area contributed by atoms with Gasteiger partial charge in [0.25, 0.3) is 0 Å². The normalized spacial score (nSPS) is 11.9. The van der Waals surface area contributed by atoms with Crippen molar-refractivity contribution in [2.24, 2.45) is 5.41 Å². The minimum Gasteiger partial charge on any atom is -1.00 e. The topological polar surface area (TPSA) is 0 Å². The molecule has 0 aromatic heterocycles. The summed E-state index contributed by atoms with van der Waals surface area (Å²) >= 11 is 0. The highest BCUT2D eigenvalue weighted by Gasteiger charge is 2.22. The zero-order valence-corrected chi connectivity index (χ0v) is 10.9. The van der Waals surface area contributed by atoms with Crippen molar-refractivity contribution in [2.75, 3.05) is 27.7 Å². The smallest absolute Gasteiger partial charge is 0.0867 e. The fourth-order valence-corrected chi connectivity index (χ4v) is 2.05. The summed E-state index contributed by atoms with van der Waals surface area (Å²) in [5.74, 6) is 0. The van der Waals surface area contributed by atoms with E-state index < -0.39 is 0 Å². The average Bonchev–Trinajstić information content (AvgIpc) is 1.48. The molecule has 0 N–H and O–H groups in total. The molecule has 0 aromatic carbocycles. The second-order valence-corrected chi connectivity index (χ2v) is 5.66. The molecule has 0 aliphatic carbocycles. The Labute approximate surface area is 89.8 Å². The van der Waals surface area contributed by atoms with Crippen LogP contribution in [0, 0.1) is 5.41 Å². The van der Waals surface area contributed by atoms with E-state index in [4.69, 9.17) is 0 Å². The standard InChI is InChI=1S/C11H24N.ClH/c1-10(2)8-11(3,4)9-12(5,6)7;/h8H,9H2,1-7H3;1H/q+1;/p-1. The zero-order chi connectivity index (χ0) is 9.99. The van der Waals surface area contributed by atoms with Crippen molar-refractivity contribution in [3.8, 4) is 0 Å². The third-order valence-corrected chi connectivity index (χ3v) is 1.56. The molecule has 1 nitrogen and oxygen atoms in total. The molecule has 0 heterocycles. The average molecular weight is 206 g/mol. The lowest BCUT2D eigenvalue weighted by Gasteiger charge is -2.32. The molecule has 0 saturated heterocycles. The van der Waals surface area contributed by atoms with E-state index in [0.29, 0.717) is 5.41 Å². The van der Waals surface area contributed by atoms with Crippen LogP contribution in [-0.2, 0) is 0 Å². The minimum atomic E-state index is 0. The zero-order valence-electron chi connectivity index (χ0n) is 10.1. The van der Waals surface area contributed by atoms with Crippen LogP contribution in [0.15, 0.2) is 11.6 Å². The highest BCUT2D eigenvalue weighted by molar-refractivity contribution is 5.02. The molecule has 0 fully saturated rings. The van der Waals surface area contributed by atoms with Crippen LogP contribution in [0.2, 0.25) is 0 Å². The molecule has 0 spiro atoms. The third-order valence-electron chi connectivity index (χ3n) is 1.56. The maximum absolute atomic E-state index is 2.36. The number of hydrogen-bond donors (Lipinski definition) is 0. The molecule has 0 unspecified atom stereocenters. The molecule has 0 aliphatic heterocycles. The van der Waals surface area contributed by atoms with Crippen LogP contribution in [0.3, 0.4) is 0 Å². The molecule has 0 atom stereocenters. The molecule has 0 aliphatic rings. The number of rotatable bonds is 3. The number of nitrogens with zero attached hydrogens (tertiary/aromatic N) is 1. The molecule has 0 radical (unpaired) electrons. The Bertz CT molecular complexity index is 171. The summed E-state index contributed by atoms with van der Waals surface area (Å²) in [5.41, 5.74) is 1.73. The monoisotopic (exact) mass is 205 g/mol. The number of halogens is 1. The Hall–Kier alpha value is -0.0100. The first-order valence-corrected chi connectivity index (χ1v) is 4.59. The fraction of sp³-hybridized carbons (Fsp3) is 0.818. The van der Waals surface area contributed by atoms with Crippen molar-refractivity contribution < 1.29 is 16.9 Å². The summed E-state index contributed by atoms with van der Waals surface area (Å²) in [6, 6.07) is 0. The molecule has 0 amide bonds. The van der Waals surface area contributed by atoms with Gasteiger partial charge in [0, 0.05) is 5.41 Å². The van der Waals surface area contributed by atoms with Crippen molar-refractivity contribution in [3.63, 3.8) is 0 Å². The first-order chi connectivity index (χ1) is 5.12. The van der Waals surface area contributed by atoms with Gasteiger partial charge in [0.1, 0.15) is 0 Å². The van der Waals surface area contributed by atoms with Crippen LogP contribution in [0.4, 0.5) is 0 Å². The number of hydrogen-bond acceptors (Lipinski definition) is 0. The molecule has 80 valence electrons. The maximum Gasteiger partial charge on any atom is 0.0867 e. The Morgan fingerprint density at radius 1 is 1.15 bits per heavy atom. The van der Waals surface area contributed by atoms with Gasteiger partial charge in [0.15, 0.2) is 0 Å². The highest BCUT2D eigenvalue weighted by Crippen LogP contribution is 2.21. The fourth-order valence-electron chi connectivity index (χ4n) is 2.05. The van der Waals surface area contributed by atoms with E-state index >= 15 is 0 Å². The summed E-state index contributed by atoms with van der Waals surface area (Å²) in [7, 11) is 6.71.